The van der Waals surface area contributed by atoms with Crippen LogP contribution in [0.25, 0.3) is 0 Å². The topological polar surface area (TPSA) is 106 Å². The molecule has 7 heteroatoms. The normalized spacial score (nSPS) is 9.79. The maximum Gasteiger partial charge on any atom is 0.329 e. The van der Waals surface area contributed by atoms with Crippen LogP contribution in [0, 0.1) is 10.1 Å². The monoisotopic (exact) mass is 216 g/mol. The first-order valence-electron chi connectivity index (χ1n) is 3.40. The lowest BCUT2D eigenvalue weighted by atomic mass is 10.2. The fourth-order valence-corrected chi connectivity index (χ4v) is 1.24. The molecule has 0 heterocycles. The number of carbonyl (C=O) groups is 1. The molecule has 1 amide bonds. The third-order valence-corrected chi connectivity index (χ3v) is 1.93. The van der Waals surface area contributed by atoms with Crippen LogP contribution in [-0.4, -0.2) is 15.9 Å². The summed E-state index contributed by atoms with van der Waals surface area (Å²) < 4.78 is 0. The summed E-state index contributed by atoms with van der Waals surface area (Å²) in [6, 6.07) is 2.11. The molecule has 3 N–H and O–H groups in total. The Morgan fingerprint density at radius 3 is 2.57 bits per heavy atom. The Kier molecular flexibility index (Phi) is 2.57. The minimum Gasteiger partial charge on any atom is -0.502 e. The Labute approximate surface area is 83.0 Å². The Hall–Kier alpha value is -1.82. The van der Waals surface area contributed by atoms with Crippen LogP contribution in [0.3, 0.4) is 0 Å². The van der Waals surface area contributed by atoms with Crippen LogP contribution < -0.4 is 5.73 Å². The van der Waals surface area contributed by atoms with E-state index >= 15 is 0 Å². The number of primary amides is 1. The van der Waals surface area contributed by atoms with Crippen LogP contribution in [0.1, 0.15) is 10.4 Å². The predicted octanol–water partition coefficient (Wildman–Crippen LogP) is 1.05. The van der Waals surface area contributed by atoms with E-state index in [1.54, 1.807) is 0 Å². The largest absolute Gasteiger partial charge is 0.502 e. The molecule has 0 atom stereocenters. The number of hydrogen-bond donors (Lipinski definition) is 2. The van der Waals surface area contributed by atoms with Crippen molar-refractivity contribution in [2.75, 3.05) is 0 Å². The summed E-state index contributed by atoms with van der Waals surface area (Å²) in [6.45, 7) is 0. The van der Waals surface area contributed by atoms with Crippen molar-refractivity contribution in [3.8, 4) is 5.75 Å². The zero-order chi connectivity index (χ0) is 10.9. The fourth-order valence-electron chi connectivity index (χ4n) is 0.918. The molecule has 74 valence electrons. The van der Waals surface area contributed by atoms with Gasteiger partial charge in [-0.3, -0.25) is 14.9 Å². The van der Waals surface area contributed by atoms with Crippen LogP contribution in [0.2, 0.25) is 5.02 Å². The van der Waals surface area contributed by atoms with Crippen molar-refractivity contribution in [3.63, 3.8) is 0 Å². The number of carbonyl (C=O) groups excluding carboxylic acids is 1. The lowest BCUT2D eigenvalue weighted by molar-refractivity contribution is -0.385. The minimum absolute atomic E-state index is 0.198. The Morgan fingerprint density at radius 1 is 1.57 bits per heavy atom. The van der Waals surface area contributed by atoms with Gasteiger partial charge in [0.2, 0.25) is 5.91 Å². The molecule has 6 nitrogen and oxygen atoms in total. The molecule has 1 aromatic rings. The molecular weight excluding hydrogens is 212 g/mol. The number of nitro benzene ring substituents is 1. The zero-order valence-electron chi connectivity index (χ0n) is 6.73. The molecule has 1 aromatic carbocycles. The van der Waals surface area contributed by atoms with Crippen LogP contribution in [0.15, 0.2) is 12.1 Å². The number of amides is 1. The van der Waals surface area contributed by atoms with E-state index in [9.17, 15) is 14.9 Å². The molecule has 0 aromatic heterocycles. The Morgan fingerprint density at radius 2 is 2.14 bits per heavy atom. The van der Waals surface area contributed by atoms with Gasteiger partial charge in [-0.1, -0.05) is 11.6 Å². The van der Waals surface area contributed by atoms with Gasteiger partial charge in [-0.15, -0.1) is 0 Å². The molecule has 14 heavy (non-hydrogen) atoms. The summed E-state index contributed by atoms with van der Waals surface area (Å²) in [7, 11) is 0. The van der Waals surface area contributed by atoms with Crippen molar-refractivity contribution in [1.82, 2.24) is 0 Å². The van der Waals surface area contributed by atoms with Crippen LogP contribution in [-0.2, 0) is 0 Å². The van der Waals surface area contributed by atoms with Gasteiger partial charge in [0.05, 0.1) is 10.5 Å². The molecule has 0 saturated carbocycles. The number of benzene rings is 1. The molecule has 1 rings (SSSR count). The first-order valence-corrected chi connectivity index (χ1v) is 3.78. The summed E-state index contributed by atoms with van der Waals surface area (Å²) in [5.41, 5.74) is 3.99. The lowest BCUT2D eigenvalue weighted by Crippen LogP contribution is -2.12. The van der Waals surface area contributed by atoms with E-state index in [4.69, 9.17) is 22.4 Å². The highest BCUT2D eigenvalue weighted by Gasteiger charge is 2.23. The third kappa shape index (κ3) is 1.60. The molecule has 0 spiro atoms. The number of nitro groups is 1. The smallest absolute Gasteiger partial charge is 0.329 e. The Balaban J connectivity index is 3.49. The van der Waals surface area contributed by atoms with Gasteiger partial charge < -0.3 is 10.8 Å². The second kappa shape index (κ2) is 3.51. The molecule has 0 aliphatic heterocycles. The number of nitrogens with two attached hydrogens (primary N) is 1. The summed E-state index contributed by atoms with van der Waals surface area (Å²) in [5.74, 6) is -1.50. The quantitative estimate of drug-likeness (QED) is 0.569. The molecule has 0 radical (unpaired) electrons. The van der Waals surface area contributed by atoms with E-state index in [-0.39, 0.29) is 5.56 Å². The van der Waals surface area contributed by atoms with Gasteiger partial charge in [0.1, 0.15) is 5.02 Å². The zero-order valence-corrected chi connectivity index (χ0v) is 7.49. The first-order chi connectivity index (χ1) is 6.45. The second-order valence-electron chi connectivity index (χ2n) is 2.42. The van der Waals surface area contributed by atoms with Gasteiger partial charge in [0, 0.05) is 0 Å². The minimum atomic E-state index is -0.891. The Bertz CT molecular complexity index is 418. The summed E-state index contributed by atoms with van der Waals surface area (Å²) in [4.78, 5) is 20.3. The number of phenolic OH excluding ortho intramolecular Hbond substituents is 1. The SMILES string of the molecule is NC(=O)c1ccc(O)c([N+](=O)[O-])c1Cl. The van der Waals surface area contributed by atoms with Crippen molar-refractivity contribution >= 4 is 23.2 Å². The van der Waals surface area contributed by atoms with Gasteiger partial charge in [-0.2, -0.15) is 0 Å². The standard InChI is InChI=1S/C7H5ClN2O4/c8-5-3(7(9)12)1-2-4(11)6(5)10(13)14/h1-2,11H,(H2,9,12). The van der Waals surface area contributed by atoms with Gasteiger partial charge in [-0.25, -0.2) is 0 Å². The molecule has 0 aliphatic carbocycles. The molecule has 0 fully saturated rings. The highest BCUT2D eigenvalue weighted by Crippen LogP contribution is 2.35. The third-order valence-electron chi connectivity index (χ3n) is 1.54. The lowest BCUT2D eigenvalue weighted by Gasteiger charge is -2.01. The highest BCUT2D eigenvalue weighted by molar-refractivity contribution is 6.36. The van der Waals surface area contributed by atoms with Crippen LogP contribution >= 0.6 is 11.6 Å². The average Bonchev–Trinajstić information content (AvgIpc) is 2.02. The van der Waals surface area contributed by atoms with Crippen molar-refractivity contribution in [2.45, 2.75) is 0 Å². The van der Waals surface area contributed by atoms with E-state index in [1.807, 2.05) is 0 Å². The van der Waals surface area contributed by atoms with Gasteiger partial charge in [0.15, 0.2) is 5.75 Å². The summed E-state index contributed by atoms with van der Waals surface area (Å²) >= 11 is 5.50. The van der Waals surface area contributed by atoms with Crippen LogP contribution in [0.5, 0.6) is 5.75 Å². The van der Waals surface area contributed by atoms with Crippen molar-refractivity contribution in [1.29, 1.82) is 0 Å². The number of rotatable bonds is 2. The number of nitrogens with zero attached hydrogens (tertiary/aromatic N) is 1. The molecule has 0 unspecified atom stereocenters. The van der Waals surface area contributed by atoms with Crippen molar-refractivity contribution in [2.24, 2.45) is 5.73 Å². The van der Waals surface area contributed by atoms with Gasteiger partial charge in [0.25, 0.3) is 0 Å². The van der Waals surface area contributed by atoms with Gasteiger partial charge >= 0.3 is 5.69 Å². The van der Waals surface area contributed by atoms with Crippen molar-refractivity contribution < 1.29 is 14.8 Å². The highest BCUT2D eigenvalue weighted by atomic mass is 35.5. The number of aromatic hydroxyl groups is 1. The maximum atomic E-state index is 10.7. The molecule has 0 saturated heterocycles. The van der Waals surface area contributed by atoms with E-state index in [0.29, 0.717) is 0 Å². The predicted molar refractivity (Wildman–Crippen MR) is 48.3 cm³/mol. The van der Waals surface area contributed by atoms with E-state index in [1.165, 1.54) is 0 Å². The summed E-state index contributed by atoms with van der Waals surface area (Å²) in [6.07, 6.45) is 0. The summed E-state index contributed by atoms with van der Waals surface area (Å²) in [5, 5.41) is 19.1. The van der Waals surface area contributed by atoms with E-state index < -0.39 is 27.3 Å². The second-order valence-corrected chi connectivity index (χ2v) is 2.79. The number of phenols is 1. The number of halogens is 1. The van der Waals surface area contributed by atoms with Crippen molar-refractivity contribution in [3.05, 3.63) is 32.8 Å². The average molecular weight is 217 g/mol. The van der Waals surface area contributed by atoms with E-state index in [2.05, 4.69) is 0 Å². The fraction of sp³-hybridized carbons (Fsp3) is 0. The van der Waals surface area contributed by atoms with Crippen LogP contribution in [0.4, 0.5) is 5.69 Å². The van der Waals surface area contributed by atoms with E-state index in [0.717, 1.165) is 12.1 Å². The molecule has 0 aliphatic rings. The van der Waals surface area contributed by atoms with Gasteiger partial charge in [-0.05, 0) is 12.1 Å². The first kappa shape index (κ1) is 10.3. The number of hydrogen-bond acceptors (Lipinski definition) is 4. The maximum absolute atomic E-state index is 10.7. The molecule has 0 bridgehead atoms. The molecular formula is C7H5ClN2O4.